The zero-order chi connectivity index (χ0) is 18.5. The second-order valence-corrected chi connectivity index (χ2v) is 7.43. The quantitative estimate of drug-likeness (QED) is 0.788. The maximum Gasteiger partial charge on any atom is 0.227 e. The summed E-state index contributed by atoms with van der Waals surface area (Å²) >= 11 is 0. The lowest BCUT2D eigenvalue weighted by Gasteiger charge is -2.30. The molecule has 1 aliphatic rings. The van der Waals surface area contributed by atoms with E-state index < -0.39 is 0 Å². The molecule has 1 saturated heterocycles. The van der Waals surface area contributed by atoms with Crippen LogP contribution in [0.4, 0.5) is 0 Å². The Labute approximate surface area is 166 Å². The van der Waals surface area contributed by atoms with Crippen LogP contribution in [0, 0.1) is 5.92 Å². The summed E-state index contributed by atoms with van der Waals surface area (Å²) in [5, 5.41) is 10.5. The van der Waals surface area contributed by atoms with Crippen molar-refractivity contribution in [3.63, 3.8) is 0 Å². The van der Waals surface area contributed by atoms with Gasteiger partial charge in [-0.15, -0.1) is 12.4 Å². The van der Waals surface area contributed by atoms with Crippen molar-refractivity contribution >= 4 is 18.3 Å². The van der Waals surface area contributed by atoms with Crippen LogP contribution in [-0.2, 0) is 11.2 Å². The second kappa shape index (κ2) is 9.85. The van der Waals surface area contributed by atoms with E-state index in [4.69, 9.17) is 4.52 Å². The molecular formula is C20H29ClN4O2. The van der Waals surface area contributed by atoms with Crippen molar-refractivity contribution in [2.45, 2.75) is 52.0 Å². The number of benzene rings is 1. The standard InChI is InChI=1S/C20H28N4O2.ClH/c1-13(2)15-4-6-16(7-5-15)20-23-19(26-24-20)9-8-18(25)22-17-10-11-21-12-14(17)3;/h4-7,13-14,17,21H,8-12H2,1-3H3,(H,22,25);1H. The Morgan fingerprint density at radius 3 is 2.74 bits per heavy atom. The van der Waals surface area contributed by atoms with E-state index in [1.807, 2.05) is 12.1 Å². The van der Waals surface area contributed by atoms with Crippen LogP contribution in [0.5, 0.6) is 0 Å². The summed E-state index contributed by atoms with van der Waals surface area (Å²) in [6, 6.07) is 8.44. The van der Waals surface area contributed by atoms with E-state index in [1.165, 1.54) is 5.56 Å². The fraction of sp³-hybridized carbons (Fsp3) is 0.550. The number of halogens is 1. The molecule has 27 heavy (non-hydrogen) atoms. The van der Waals surface area contributed by atoms with Crippen molar-refractivity contribution in [1.29, 1.82) is 0 Å². The number of piperidine rings is 1. The number of carbonyl (C=O) groups excluding carboxylic acids is 1. The zero-order valence-electron chi connectivity index (χ0n) is 16.2. The molecule has 0 radical (unpaired) electrons. The van der Waals surface area contributed by atoms with E-state index in [2.05, 4.69) is 53.7 Å². The highest BCUT2D eigenvalue weighted by molar-refractivity contribution is 5.85. The van der Waals surface area contributed by atoms with Gasteiger partial charge >= 0.3 is 0 Å². The van der Waals surface area contributed by atoms with E-state index in [-0.39, 0.29) is 24.4 Å². The molecule has 148 valence electrons. The molecule has 2 unspecified atom stereocenters. The Bertz CT molecular complexity index is 730. The van der Waals surface area contributed by atoms with Crippen LogP contribution >= 0.6 is 12.4 Å². The van der Waals surface area contributed by atoms with Crippen molar-refractivity contribution in [1.82, 2.24) is 20.8 Å². The van der Waals surface area contributed by atoms with Gasteiger partial charge in [-0.3, -0.25) is 4.79 Å². The largest absolute Gasteiger partial charge is 0.353 e. The molecule has 2 N–H and O–H groups in total. The molecule has 0 spiro atoms. The van der Waals surface area contributed by atoms with Gasteiger partial charge < -0.3 is 15.2 Å². The molecule has 2 atom stereocenters. The van der Waals surface area contributed by atoms with Gasteiger partial charge in [0.2, 0.25) is 17.6 Å². The third-order valence-corrected chi connectivity index (χ3v) is 5.00. The Balaban J connectivity index is 0.00000261. The van der Waals surface area contributed by atoms with Gasteiger partial charge in [0.05, 0.1) is 0 Å². The summed E-state index contributed by atoms with van der Waals surface area (Å²) in [7, 11) is 0. The zero-order valence-corrected chi connectivity index (χ0v) is 17.0. The summed E-state index contributed by atoms with van der Waals surface area (Å²) in [5.41, 5.74) is 2.21. The topological polar surface area (TPSA) is 80.0 Å². The molecule has 2 aromatic rings. The van der Waals surface area contributed by atoms with Gasteiger partial charge in [0.1, 0.15) is 0 Å². The number of aromatic nitrogens is 2. The summed E-state index contributed by atoms with van der Waals surface area (Å²) < 4.78 is 5.31. The molecule has 1 aliphatic heterocycles. The van der Waals surface area contributed by atoms with E-state index in [1.54, 1.807) is 0 Å². The van der Waals surface area contributed by atoms with Gasteiger partial charge in [-0.1, -0.05) is 50.2 Å². The molecule has 0 saturated carbocycles. The number of rotatable bonds is 6. The third kappa shape index (κ3) is 5.78. The normalized spacial score (nSPS) is 19.6. The lowest BCUT2D eigenvalue weighted by atomic mass is 9.95. The predicted molar refractivity (Wildman–Crippen MR) is 108 cm³/mol. The predicted octanol–water partition coefficient (Wildman–Crippen LogP) is 3.33. The molecule has 1 aromatic heterocycles. The molecule has 0 aliphatic carbocycles. The van der Waals surface area contributed by atoms with Gasteiger partial charge in [0, 0.05) is 24.4 Å². The first-order valence-electron chi connectivity index (χ1n) is 9.46. The lowest BCUT2D eigenvalue weighted by Crippen LogP contribution is -2.48. The minimum atomic E-state index is 0. The summed E-state index contributed by atoms with van der Waals surface area (Å²) in [4.78, 5) is 16.6. The molecule has 2 heterocycles. The molecule has 6 nitrogen and oxygen atoms in total. The molecule has 0 bridgehead atoms. The number of nitrogens with one attached hydrogen (secondary N) is 2. The molecular weight excluding hydrogens is 364 g/mol. The SMILES string of the molecule is CC(C)c1ccc(-c2noc(CCC(=O)NC3CCNCC3C)n2)cc1.Cl. The van der Waals surface area contributed by atoms with Crippen LogP contribution in [0.25, 0.3) is 11.4 Å². The highest BCUT2D eigenvalue weighted by Gasteiger charge is 2.22. The van der Waals surface area contributed by atoms with Gasteiger partial charge in [-0.25, -0.2) is 0 Å². The number of aryl methyl sites for hydroxylation is 1. The van der Waals surface area contributed by atoms with E-state index >= 15 is 0 Å². The average molecular weight is 393 g/mol. The smallest absolute Gasteiger partial charge is 0.227 e. The Morgan fingerprint density at radius 1 is 1.33 bits per heavy atom. The van der Waals surface area contributed by atoms with Crippen LogP contribution in [0.2, 0.25) is 0 Å². The van der Waals surface area contributed by atoms with Crippen LogP contribution in [0.3, 0.4) is 0 Å². The van der Waals surface area contributed by atoms with Crippen LogP contribution in [0.1, 0.15) is 51.0 Å². The van der Waals surface area contributed by atoms with Crippen molar-refractivity contribution in [2.75, 3.05) is 13.1 Å². The lowest BCUT2D eigenvalue weighted by molar-refractivity contribution is -0.122. The molecule has 1 fully saturated rings. The van der Waals surface area contributed by atoms with Gasteiger partial charge in [0.25, 0.3) is 0 Å². The molecule has 1 aromatic carbocycles. The van der Waals surface area contributed by atoms with Crippen LogP contribution < -0.4 is 10.6 Å². The van der Waals surface area contributed by atoms with E-state index in [9.17, 15) is 4.79 Å². The third-order valence-electron chi connectivity index (χ3n) is 5.00. The van der Waals surface area contributed by atoms with Gasteiger partial charge in [0.15, 0.2) is 0 Å². The number of amides is 1. The minimum Gasteiger partial charge on any atom is -0.353 e. The van der Waals surface area contributed by atoms with Crippen molar-refractivity contribution in [3.05, 3.63) is 35.7 Å². The summed E-state index contributed by atoms with van der Waals surface area (Å²) in [6.45, 7) is 8.39. The monoisotopic (exact) mass is 392 g/mol. The van der Waals surface area contributed by atoms with Crippen LogP contribution in [0.15, 0.2) is 28.8 Å². The Kier molecular flexibility index (Phi) is 7.80. The fourth-order valence-electron chi connectivity index (χ4n) is 3.22. The van der Waals surface area contributed by atoms with Crippen molar-refractivity contribution < 1.29 is 9.32 Å². The number of hydrogen-bond donors (Lipinski definition) is 2. The summed E-state index contributed by atoms with van der Waals surface area (Å²) in [6.07, 6.45) is 1.80. The van der Waals surface area contributed by atoms with Crippen molar-refractivity contribution in [3.8, 4) is 11.4 Å². The average Bonchev–Trinajstić information content (AvgIpc) is 3.11. The number of nitrogens with zero attached hydrogens (tertiary/aromatic N) is 2. The summed E-state index contributed by atoms with van der Waals surface area (Å²) in [5.74, 6) is 2.07. The number of carbonyl (C=O) groups is 1. The highest BCUT2D eigenvalue weighted by Crippen LogP contribution is 2.20. The van der Waals surface area contributed by atoms with Gasteiger partial charge in [-0.2, -0.15) is 4.98 Å². The molecule has 3 rings (SSSR count). The first kappa shape index (κ1) is 21.4. The van der Waals surface area contributed by atoms with Gasteiger partial charge in [-0.05, 0) is 36.9 Å². The maximum atomic E-state index is 12.2. The number of hydrogen-bond acceptors (Lipinski definition) is 5. The first-order chi connectivity index (χ1) is 12.5. The minimum absolute atomic E-state index is 0. The Hall–Kier alpha value is -1.92. The first-order valence-corrected chi connectivity index (χ1v) is 9.46. The second-order valence-electron chi connectivity index (χ2n) is 7.43. The highest BCUT2D eigenvalue weighted by atomic mass is 35.5. The maximum absolute atomic E-state index is 12.2. The van der Waals surface area contributed by atoms with Crippen molar-refractivity contribution in [2.24, 2.45) is 5.92 Å². The molecule has 7 heteroatoms. The Morgan fingerprint density at radius 2 is 2.07 bits per heavy atom. The van der Waals surface area contributed by atoms with E-state index in [0.717, 1.165) is 25.1 Å². The fourth-order valence-corrected chi connectivity index (χ4v) is 3.22. The molecule has 1 amide bonds. The van der Waals surface area contributed by atoms with E-state index in [0.29, 0.717) is 36.4 Å². The van der Waals surface area contributed by atoms with Crippen LogP contribution in [-0.4, -0.2) is 35.2 Å².